The second-order valence-corrected chi connectivity index (χ2v) is 17.1. The first-order chi connectivity index (χ1) is 26.1. The molecule has 0 bridgehead atoms. The number of aromatic nitrogens is 2. The van der Waals surface area contributed by atoms with Gasteiger partial charge in [-0.15, -0.1) is 32.8 Å². The van der Waals surface area contributed by atoms with Crippen molar-refractivity contribution in [1.82, 2.24) is 9.55 Å². The highest BCUT2D eigenvalue weighted by Gasteiger charge is 2.27. The van der Waals surface area contributed by atoms with Gasteiger partial charge in [-0.25, -0.2) is 4.98 Å². The maximum absolute atomic E-state index is 5.32. The topological polar surface area (TPSA) is 17.8 Å². The minimum Gasteiger partial charge on any atom is -0.296 e. The molecule has 1 heterocycles. The van der Waals surface area contributed by atoms with Gasteiger partial charge in [-0.3, -0.25) is 4.57 Å². The molecule has 7 aromatic carbocycles. The van der Waals surface area contributed by atoms with E-state index in [0.29, 0.717) is 0 Å². The van der Waals surface area contributed by atoms with Crippen molar-refractivity contribution in [1.29, 1.82) is 0 Å². The van der Waals surface area contributed by atoms with Crippen LogP contribution in [0.5, 0.6) is 0 Å². The fourth-order valence-electron chi connectivity index (χ4n) is 9.31. The normalized spacial score (nSPS) is 11.9. The van der Waals surface area contributed by atoms with Crippen molar-refractivity contribution < 1.29 is 0 Å². The van der Waals surface area contributed by atoms with Crippen LogP contribution in [-0.4, -0.2) is 112 Å². The summed E-state index contributed by atoms with van der Waals surface area (Å²) >= 11 is 0. The molecule has 2 nitrogen and oxygen atoms in total. The van der Waals surface area contributed by atoms with Crippen LogP contribution in [0.2, 0.25) is 0 Å². The molecule has 0 radical (unpaired) electrons. The zero-order valence-electron chi connectivity index (χ0n) is 35.1. The van der Waals surface area contributed by atoms with Crippen molar-refractivity contribution in [3.63, 3.8) is 0 Å². The van der Waals surface area contributed by atoms with Crippen LogP contribution in [0.4, 0.5) is 0 Å². The average molecular weight is 690 g/mol. The predicted octanol–water partition coefficient (Wildman–Crippen LogP) is -10.1. The summed E-state index contributed by atoms with van der Waals surface area (Å²) in [4.78, 5) is 5.32. The van der Waals surface area contributed by atoms with Gasteiger partial charge in [0, 0.05) is 10.8 Å². The van der Waals surface area contributed by atoms with Crippen LogP contribution in [0.15, 0.2) is 91.0 Å². The third-order valence-electron chi connectivity index (χ3n) is 13.2. The fraction of sp³-hybridized carbons (Fsp3) is 0.0250. The Balaban J connectivity index is 1.55. The largest absolute Gasteiger partial charge is 0.296 e. The maximum Gasteiger partial charge on any atom is 0.139 e. The number of para-hydroxylation sites is 2. The molecule has 8 aromatic rings. The van der Waals surface area contributed by atoms with Crippen molar-refractivity contribution in [2.75, 3.05) is 0 Å². The van der Waals surface area contributed by atoms with Crippen LogP contribution in [0.3, 0.4) is 0 Å². The molecule has 0 saturated carbocycles. The first-order valence-corrected chi connectivity index (χ1v) is 19.8. The van der Waals surface area contributed by atoms with Crippen LogP contribution in [0.1, 0.15) is 5.82 Å². The van der Waals surface area contributed by atoms with E-state index < -0.39 is 0 Å². The summed E-state index contributed by atoms with van der Waals surface area (Å²) in [5, 5.41) is 4.75. The molecule has 0 aliphatic heterocycles. The smallest absolute Gasteiger partial charge is 0.139 e. The molecule has 0 N–H and O–H groups in total. The number of imidazole rings is 1. The highest BCUT2D eigenvalue weighted by atomic mass is 15.1. The van der Waals surface area contributed by atoms with Gasteiger partial charge in [0.1, 0.15) is 78.5 Å². The van der Waals surface area contributed by atoms with Crippen molar-refractivity contribution in [3.05, 3.63) is 96.8 Å². The lowest BCUT2D eigenvalue weighted by molar-refractivity contribution is 0.939. The van der Waals surface area contributed by atoms with Gasteiger partial charge in [-0.05, 0) is 68.4 Å². The molecule has 0 aliphatic rings. The molecule has 15 heteroatoms. The molecular weight excluding hydrogens is 649 g/mol. The Morgan fingerprint density at radius 3 is 1.42 bits per heavy atom. The number of rotatable bonds is 5. The molecule has 0 saturated heterocycles. The highest BCUT2D eigenvalue weighted by molar-refractivity contribution is 6.70. The molecule has 0 atom stereocenters. The second-order valence-electron chi connectivity index (χ2n) is 17.1. The third-order valence-corrected chi connectivity index (χ3v) is 13.2. The molecule has 55 heavy (non-hydrogen) atoms. The molecule has 0 unspecified atom stereocenters. The van der Waals surface area contributed by atoms with Crippen molar-refractivity contribution >= 4 is 189 Å². The van der Waals surface area contributed by atoms with Crippen LogP contribution in [0, 0.1) is 0 Å². The number of fused-ring (bicyclic) bond motifs is 3. The zero-order valence-corrected chi connectivity index (χ0v) is 35.1. The van der Waals surface area contributed by atoms with E-state index in [2.05, 4.69) is 198 Å². The summed E-state index contributed by atoms with van der Waals surface area (Å²) in [5.74, 6) is 1.06. The van der Waals surface area contributed by atoms with E-state index >= 15 is 0 Å². The Labute approximate surface area is 338 Å². The van der Waals surface area contributed by atoms with Crippen LogP contribution < -0.4 is 54.6 Å². The first-order valence-electron chi connectivity index (χ1n) is 19.8. The Morgan fingerprint density at radius 1 is 0.400 bits per heavy atom. The summed E-state index contributed by atoms with van der Waals surface area (Å²) in [5.41, 5.74) is 24.8. The molecule has 1 aromatic heterocycles. The van der Waals surface area contributed by atoms with Crippen LogP contribution in [0.25, 0.3) is 71.6 Å². The summed E-state index contributed by atoms with van der Waals surface area (Å²) in [6, 6.07) is 34.2. The summed E-state index contributed by atoms with van der Waals surface area (Å²) in [6.45, 7) is 0. The van der Waals surface area contributed by atoms with Crippen molar-refractivity contribution in [2.24, 2.45) is 0 Å². The summed E-state index contributed by atoms with van der Waals surface area (Å²) in [7, 11) is 29.6. The lowest BCUT2D eigenvalue weighted by Gasteiger charge is -2.25. The number of hydrogen-bond donors (Lipinski definition) is 0. The minimum atomic E-state index is -0.190. The molecule has 8 rings (SSSR count). The number of hydrogen-bond acceptors (Lipinski definition) is 1. The zero-order chi connectivity index (χ0) is 39.2. The molecule has 0 fully saturated rings. The van der Waals surface area contributed by atoms with E-state index in [4.69, 9.17) is 4.98 Å². The summed E-state index contributed by atoms with van der Waals surface area (Å²) in [6.07, 6.45) is 0. The monoisotopic (exact) mass is 692 g/mol. The van der Waals surface area contributed by atoms with E-state index in [0.717, 1.165) is 16.9 Å². The fourth-order valence-corrected chi connectivity index (χ4v) is 9.31. The van der Waals surface area contributed by atoms with Gasteiger partial charge in [0.05, 0.1) is 46.1 Å². The number of nitrogens with zero attached hydrogens (tertiary/aromatic N) is 2. The van der Waals surface area contributed by atoms with E-state index in [9.17, 15) is 0 Å². The molecular formula is C40H41B13N2. The van der Waals surface area contributed by atoms with E-state index in [1.807, 2.05) is 0 Å². The Kier molecular flexibility index (Phi) is 9.18. The summed E-state index contributed by atoms with van der Waals surface area (Å²) < 4.78 is 2.46. The van der Waals surface area contributed by atoms with Crippen LogP contribution >= 0.6 is 0 Å². The average Bonchev–Trinajstić information content (AvgIpc) is 3.57. The van der Waals surface area contributed by atoms with Crippen LogP contribution in [-0.2, 0) is 5.11 Å². The van der Waals surface area contributed by atoms with Crippen molar-refractivity contribution in [3.8, 4) is 39.1 Å². The molecule has 0 aliphatic carbocycles. The molecule has 250 valence electrons. The van der Waals surface area contributed by atoms with Gasteiger partial charge < -0.3 is 0 Å². The lowest BCUT2D eigenvalue weighted by Crippen LogP contribution is -2.55. The Morgan fingerprint density at radius 2 is 0.855 bits per heavy atom. The second kappa shape index (κ2) is 13.5. The van der Waals surface area contributed by atoms with Gasteiger partial charge in [0.25, 0.3) is 0 Å². The first kappa shape index (κ1) is 37.3. The lowest BCUT2D eigenvalue weighted by atomic mass is 9.42. The van der Waals surface area contributed by atoms with E-state index in [-0.39, 0.29) is 5.11 Å². The van der Waals surface area contributed by atoms with Gasteiger partial charge in [0.2, 0.25) is 0 Å². The Hall–Kier alpha value is -4.63. The number of benzene rings is 7. The van der Waals surface area contributed by atoms with Gasteiger partial charge in [-0.1, -0.05) is 93.7 Å². The Bertz CT molecular complexity index is 2870. The van der Waals surface area contributed by atoms with Crippen molar-refractivity contribution in [2.45, 2.75) is 5.11 Å². The van der Waals surface area contributed by atoms with E-state index in [1.165, 1.54) is 115 Å². The van der Waals surface area contributed by atoms with Gasteiger partial charge in [-0.2, -0.15) is 0 Å². The molecule has 0 spiro atoms. The minimum absolute atomic E-state index is 0.190. The predicted molar refractivity (Wildman–Crippen MR) is 281 cm³/mol. The highest BCUT2D eigenvalue weighted by Crippen LogP contribution is 2.44. The quantitative estimate of drug-likeness (QED) is 0.130. The molecule has 0 amide bonds. The SMILES string of the molecule is Bc1c(B)c(B)c(-c2cccc(-c3c4ccccc4c(-n4c(C(B)(B)B)nc5ccccc54)c4ccc(-c5c(B)c(B)c(B)c(B)c5B)cc34)c2)c(B)c1B. The standard InChI is InChI=1S/C40H41B13N2/c41-28-26(29(42)33(46)36(49)32(28)45)17-7-5-6-16(14-17)25-19-8-1-2-9-20(19)38(55-24-11-4-3-10-23(24)54-39(55)40(51,52)53)21-13-12-18(15-22(21)25)27-30(43)34(47)37(50)35(48)31(27)44/h1-15H,41-53H2. The van der Waals surface area contributed by atoms with Gasteiger partial charge >= 0.3 is 0 Å². The van der Waals surface area contributed by atoms with E-state index in [1.54, 1.807) is 0 Å². The van der Waals surface area contributed by atoms with Gasteiger partial charge in [0.15, 0.2) is 0 Å². The maximum atomic E-state index is 5.32. The third kappa shape index (κ3) is 5.79.